The second kappa shape index (κ2) is 9.97. The van der Waals surface area contributed by atoms with Crippen LogP contribution in [0.5, 0.6) is 11.5 Å². The van der Waals surface area contributed by atoms with E-state index in [0.29, 0.717) is 12.4 Å². The number of carbonyl (C=O) groups excluding carboxylic acids is 2. The Morgan fingerprint density at radius 3 is 2.18 bits per heavy atom. The Morgan fingerprint density at radius 2 is 1.47 bits per heavy atom. The van der Waals surface area contributed by atoms with E-state index in [1.807, 2.05) is 72.8 Å². The summed E-state index contributed by atoms with van der Waals surface area (Å²) in [7, 11) is 0. The first kappa shape index (κ1) is 22.0. The smallest absolute Gasteiger partial charge is 0.325 e. The van der Waals surface area contributed by atoms with Gasteiger partial charge in [0.1, 0.15) is 11.5 Å². The quantitative estimate of drug-likeness (QED) is 0.601. The lowest BCUT2D eigenvalue weighted by atomic mass is 10.0. The largest absolute Gasteiger partial charge is 0.457 e. The summed E-state index contributed by atoms with van der Waals surface area (Å²) in [4.78, 5) is 31.6. The molecule has 5 rings (SSSR count). The van der Waals surface area contributed by atoms with Gasteiger partial charge in [-0.3, -0.25) is 14.6 Å². The van der Waals surface area contributed by atoms with Crippen molar-refractivity contribution in [3.63, 3.8) is 0 Å². The van der Waals surface area contributed by atoms with Gasteiger partial charge in [-0.2, -0.15) is 0 Å². The van der Waals surface area contributed by atoms with Crippen molar-refractivity contribution in [1.29, 1.82) is 0 Å². The van der Waals surface area contributed by atoms with E-state index in [0.717, 1.165) is 37.5 Å². The third-order valence-electron chi connectivity index (χ3n) is 6.30. The maximum atomic E-state index is 12.9. The van der Waals surface area contributed by atoms with Crippen LogP contribution < -0.4 is 15.0 Å². The lowest BCUT2D eigenvalue weighted by molar-refractivity contribution is -0.132. The molecule has 2 fully saturated rings. The topological polar surface area (TPSA) is 65.1 Å². The molecule has 0 bridgehead atoms. The Hall–Kier alpha value is -3.84. The third-order valence-corrected chi connectivity index (χ3v) is 6.30. The number of benzene rings is 3. The minimum atomic E-state index is -0.370. The van der Waals surface area contributed by atoms with E-state index in [9.17, 15) is 9.59 Å². The van der Waals surface area contributed by atoms with E-state index in [4.69, 9.17) is 4.74 Å². The van der Waals surface area contributed by atoms with Crippen molar-refractivity contribution in [1.82, 2.24) is 15.1 Å². The van der Waals surface area contributed by atoms with Crippen LogP contribution in [0.2, 0.25) is 0 Å². The molecule has 3 aromatic carbocycles. The zero-order valence-electron chi connectivity index (χ0n) is 19.0. The van der Waals surface area contributed by atoms with Gasteiger partial charge in [-0.15, -0.1) is 0 Å². The maximum Gasteiger partial charge on any atom is 0.325 e. The fraction of sp³-hybridized carbons (Fsp3) is 0.259. The van der Waals surface area contributed by atoms with E-state index in [-0.39, 0.29) is 24.4 Å². The molecule has 3 amide bonds. The van der Waals surface area contributed by atoms with Crippen LogP contribution in [0.1, 0.15) is 18.0 Å². The normalized spacial score (nSPS) is 19.1. The standard InChI is InChI=1S/C27H28N4O3/c32-26-19-25(21-8-7-13-24(18-21)34-23-11-5-2-6-12-23)28-27(33)31(26)20-29-14-16-30(17-15-29)22-9-3-1-4-10-22/h1-13,18,25H,14-17,19-20H2,(H,28,33)/t25-/m1/s1. The molecule has 1 N–H and O–H groups in total. The van der Waals surface area contributed by atoms with Gasteiger partial charge < -0.3 is 15.0 Å². The van der Waals surface area contributed by atoms with Gasteiger partial charge in [-0.25, -0.2) is 4.79 Å². The molecule has 2 heterocycles. The lowest BCUT2D eigenvalue weighted by Crippen LogP contribution is -2.57. The summed E-state index contributed by atoms with van der Waals surface area (Å²) in [5.41, 5.74) is 2.06. The van der Waals surface area contributed by atoms with Gasteiger partial charge in [-0.05, 0) is 42.0 Å². The molecule has 1 atom stereocenters. The summed E-state index contributed by atoms with van der Waals surface area (Å²) in [5.74, 6) is 1.25. The lowest BCUT2D eigenvalue weighted by Gasteiger charge is -2.39. The van der Waals surface area contributed by atoms with Crippen LogP contribution in [0.3, 0.4) is 0 Å². The Labute approximate surface area is 199 Å². The van der Waals surface area contributed by atoms with Crippen LogP contribution in [-0.2, 0) is 4.79 Å². The molecule has 0 saturated carbocycles. The highest BCUT2D eigenvalue weighted by molar-refractivity contribution is 5.97. The molecule has 0 aromatic heterocycles. The Morgan fingerprint density at radius 1 is 0.794 bits per heavy atom. The monoisotopic (exact) mass is 456 g/mol. The number of hydrogen-bond donors (Lipinski definition) is 1. The molecule has 7 nitrogen and oxygen atoms in total. The molecule has 2 aliphatic heterocycles. The molecule has 0 aliphatic carbocycles. The zero-order chi connectivity index (χ0) is 23.3. The zero-order valence-corrected chi connectivity index (χ0v) is 19.0. The number of anilines is 1. The second-order valence-corrected chi connectivity index (χ2v) is 8.60. The minimum Gasteiger partial charge on any atom is -0.457 e. The Bertz CT molecular complexity index is 1110. The molecule has 3 aromatic rings. The van der Waals surface area contributed by atoms with Crippen LogP contribution in [0.25, 0.3) is 0 Å². The maximum absolute atomic E-state index is 12.9. The average molecular weight is 457 g/mol. The predicted molar refractivity (Wildman–Crippen MR) is 131 cm³/mol. The first-order chi connectivity index (χ1) is 16.7. The summed E-state index contributed by atoms with van der Waals surface area (Å²) in [6, 6.07) is 26.7. The SMILES string of the molecule is O=C1C[C@H](c2cccc(Oc3ccccc3)c2)NC(=O)N1CN1CCN(c2ccccc2)CC1. The summed E-state index contributed by atoms with van der Waals surface area (Å²) in [6.45, 7) is 3.65. The molecule has 0 radical (unpaired) electrons. The summed E-state index contributed by atoms with van der Waals surface area (Å²) >= 11 is 0. The molecule has 2 aliphatic rings. The van der Waals surface area contributed by atoms with Crippen molar-refractivity contribution >= 4 is 17.6 Å². The van der Waals surface area contributed by atoms with Gasteiger partial charge in [0, 0.05) is 31.9 Å². The van der Waals surface area contributed by atoms with E-state index < -0.39 is 0 Å². The van der Waals surface area contributed by atoms with Crippen molar-refractivity contribution in [3.8, 4) is 11.5 Å². The Balaban J connectivity index is 1.18. The second-order valence-electron chi connectivity index (χ2n) is 8.60. The number of nitrogens with one attached hydrogen (secondary N) is 1. The van der Waals surface area contributed by atoms with Gasteiger partial charge >= 0.3 is 6.03 Å². The number of carbonyl (C=O) groups is 2. The highest BCUT2D eigenvalue weighted by Crippen LogP contribution is 2.28. The van der Waals surface area contributed by atoms with Gasteiger partial charge in [0.05, 0.1) is 19.1 Å². The fourth-order valence-electron chi connectivity index (χ4n) is 4.43. The van der Waals surface area contributed by atoms with E-state index in [1.165, 1.54) is 10.6 Å². The molecular weight excluding hydrogens is 428 g/mol. The third kappa shape index (κ3) is 5.05. The first-order valence-electron chi connectivity index (χ1n) is 11.6. The van der Waals surface area contributed by atoms with Crippen LogP contribution in [0.15, 0.2) is 84.9 Å². The van der Waals surface area contributed by atoms with Gasteiger partial charge in [0.25, 0.3) is 0 Å². The number of hydrogen-bond acceptors (Lipinski definition) is 5. The van der Waals surface area contributed by atoms with E-state index >= 15 is 0 Å². The number of nitrogens with zero attached hydrogens (tertiary/aromatic N) is 3. The highest BCUT2D eigenvalue weighted by atomic mass is 16.5. The average Bonchev–Trinajstić information content (AvgIpc) is 2.88. The fourth-order valence-corrected chi connectivity index (χ4v) is 4.43. The molecule has 34 heavy (non-hydrogen) atoms. The number of ether oxygens (including phenoxy) is 1. The summed E-state index contributed by atoms with van der Waals surface area (Å²) in [5, 5.41) is 3.00. The minimum absolute atomic E-state index is 0.159. The van der Waals surface area contributed by atoms with Gasteiger partial charge in [-0.1, -0.05) is 48.5 Å². The predicted octanol–water partition coefficient (Wildman–Crippen LogP) is 4.24. The molecule has 0 spiro atoms. The van der Waals surface area contributed by atoms with Crippen molar-refractivity contribution < 1.29 is 14.3 Å². The van der Waals surface area contributed by atoms with Crippen LogP contribution >= 0.6 is 0 Å². The Kier molecular flexibility index (Phi) is 6.44. The number of para-hydroxylation sites is 2. The van der Waals surface area contributed by atoms with Gasteiger partial charge in [0.2, 0.25) is 5.91 Å². The molecular formula is C27H28N4O3. The van der Waals surface area contributed by atoms with Crippen LogP contribution in [-0.4, -0.2) is 54.6 Å². The summed E-state index contributed by atoms with van der Waals surface area (Å²) in [6.07, 6.45) is 0.227. The van der Waals surface area contributed by atoms with E-state index in [2.05, 4.69) is 27.2 Å². The van der Waals surface area contributed by atoms with Crippen molar-refractivity contribution in [3.05, 3.63) is 90.5 Å². The number of rotatable bonds is 6. The van der Waals surface area contributed by atoms with E-state index in [1.54, 1.807) is 0 Å². The molecule has 7 heteroatoms. The van der Waals surface area contributed by atoms with Crippen molar-refractivity contribution in [2.24, 2.45) is 0 Å². The van der Waals surface area contributed by atoms with Crippen LogP contribution in [0, 0.1) is 0 Å². The van der Waals surface area contributed by atoms with Gasteiger partial charge in [0.15, 0.2) is 0 Å². The number of piperazine rings is 1. The molecule has 0 unspecified atom stereocenters. The molecule has 2 saturated heterocycles. The molecule has 174 valence electrons. The van der Waals surface area contributed by atoms with Crippen molar-refractivity contribution in [2.75, 3.05) is 37.7 Å². The van der Waals surface area contributed by atoms with Crippen LogP contribution in [0.4, 0.5) is 10.5 Å². The number of imide groups is 1. The highest BCUT2D eigenvalue weighted by Gasteiger charge is 2.34. The number of urea groups is 1. The first-order valence-corrected chi connectivity index (χ1v) is 11.6. The van der Waals surface area contributed by atoms with Crippen molar-refractivity contribution in [2.45, 2.75) is 12.5 Å². The number of amides is 3. The summed E-state index contributed by atoms with van der Waals surface area (Å²) < 4.78 is 5.91.